The number of aromatic nitrogens is 1. The molecule has 0 amide bonds. The Hall–Kier alpha value is -1.78. The van der Waals surface area contributed by atoms with E-state index < -0.39 is 5.97 Å². The maximum Gasteiger partial charge on any atom is 0.337 e. The maximum absolute atomic E-state index is 10.7. The molecule has 0 aliphatic carbocycles. The Kier molecular flexibility index (Phi) is 4.24. The predicted molar refractivity (Wildman–Crippen MR) is 75.0 cm³/mol. The molecule has 0 unspecified atom stereocenters. The van der Waals surface area contributed by atoms with Gasteiger partial charge in [0, 0.05) is 11.9 Å². The van der Waals surface area contributed by atoms with Crippen LogP contribution in [0.5, 0.6) is 0 Å². The quantitative estimate of drug-likeness (QED) is 0.903. The molecule has 0 spiro atoms. The fourth-order valence-electron chi connectivity index (χ4n) is 1.45. The third-order valence-electron chi connectivity index (χ3n) is 2.46. The molecule has 4 nitrogen and oxygen atoms in total. The number of carboxylic acid groups (broad SMARTS) is 1. The fraction of sp³-hybridized carbons (Fsp3) is 0.0769. The third kappa shape index (κ3) is 3.59. The van der Waals surface area contributed by atoms with E-state index in [0.717, 1.165) is 11.4 Å². The molecule has 19 heavy (non-hydrogen) atoms. The van der Waals surface area contributed by atoms with Crippen LogP contribution in [0.3, 0.4) is 0 Å². The molecule has 0 saturated carbocycles. The van der Waals surface area contributed by atoms with E-state index in [1.165, 1.54) is 12.3 Å². The Morgan fingerprint density at radius 2 is 2.00 bits per heavy atom. The smallest absolute Gasteiger partial charge is 0.337 e. The highest BCUT2D eigenvalue weighted by Crippen LogP contribution is 2.25. The Labute approximate surface area is 120 Å². The maximum atomic E-state index is 10.7. The largest absolute Gasteiger partial charge is 0.478 e. The molecule has 2 aromatic rings. The number of carboxylic acids is 1. The number of rotatable bonds is 4. The van der Waals surface area contributed by atoms with Gasteiger partial charge in [-0.2, -0.15) is 0 Å². The Balaban J connectivity index is 2.01. The number of hydrogen-bond acceptors (Lipinski definition) is 3. The van der Waals surface area contributed by atoms with Gasteiger partial charge < -0.3 is 10.4 Å². The number of anilines is 1. The van der Waals surface area contributed by atoms with E-state index in [1.807, 2.05) is 0 Å². The molecule has 0 aliphatic rings. The summed E-state index contributed by atoms with van der Waals surface area (Å²) in [5.74, 6) is -0.989. The van der Waals surface area contributed by atoms with Crippen LogP contribution in [0.1, 0.15) is 16.1 Å². The standard InChI is InChI=1S/C13H10Cl2N2O2/c14-11-4-3-9(5-12(11)15)17-7-10-2-1-8(6-16-10)13(18)19/h1-6,17H,7H2,(H,18,19). The van der Waals surface area contributed by atoms with Crippen LogP contribution < -0.4 is 5.32 Å². The van der Waals surface area contributed by atoms with Crippen molar-refractivity contribution in [2.75, 3.05) is 5.32 Å². The van der Waals surface area contributed by atoms with Crippen LogP contribution in [0.2, 0.25) is 10.0 Å². The minimum atomic E-state index is -0.989. The van der Waals surface area contributed by atoms with E-state index in [9.17, 15) is 4.79 Å². The van der Waals surface area contributed by atoms with Crippen molar-refractivity contribution in [3.8, 4) is 0 Å². The van der Waals surface area contributed by atoms with Crippen LogP contribution in [-0.2, 0) is 6.54 Å². The number of benzene rings is 1. The minimum absolute atomic E-state index is 0.165. The van der Waals surface area contributed by atoms with Gasteiger partial charge in [-0.1, -0.05) is 23.2 Å². The van der Waals surface area contributed by atoms with E-state index in [2.05, 4.69) is 10.3 Å². The molecular weight excluding hydrogens is 287 g/mol. The van der Waals surface area contributed by atoms with Crippen LogP contribution >= 0.6 is 23.2 Å². The summed E-state index contributed by atoms with van der Waals surface area (Å²) in [6.07, 6.45) is 1.33. The molecule has 2 N–H and O–H groups in total. The number of nitrogens with zero attached hydrogens (tertiary/aromatic N) is 1. The summed E-state index contributed by atoms with van der Waals surface area (Å²) in [5.41, 5.74) is 1.72. The molecule has 1 aromatic carbocycles. The molecule has 2 rings (SSSR count). The SMILES string of the molecule is O=C(O)c1ccc(CNc2ccc(Cl)c(Cl)c2)nc1. The van der Waals surface area contributed by atoms with Gasteiger partial charge in [0.05, 0.1) is 27.8 Å². The molecule has 0 saturated heterocycles. The summed E-state index contributed by atoms with van der Waals surface area (Å²) in [6, 6.07) is 8.40. The number of nitrogens with one attached hydrogen (secondary N) is 1. The van der Waals surface area contributed by atoms with Crippen LogP contribution in [0.25, 0.3) is 0 Å². The summed E-state index contributed by atoms with van der Waals surface area (Å²) in [6.45, 7) is 0.470. The van der Waals surface area contributed by atoms with E-state index in [1.54, 1.807) is 24.3 Å². The molecule has 0 aliphatic heterocycles. The van der Waals surface area contributed by atoms with Crippen LogP contribution in [0.4, 0.5) is 5.69 Å². The third-order valence-corrected chi connectivity index (χ3v) is 3.20. The molecule has 0 atom stereocenters. The molecule has 98 valence electrons. The Morgan fingerprint density at radius 1 is 1.21 bits per heavy atom. The molecule has 0 bridgehead atoms. The topological polar surface area (TPSA) is 62.2 Å². The zero-order chi connectivity index (χ0) is 13.8. The first kappa shape index (κ1) is 13.6. The lowest BCUT2D eigenvalue weighted by Crippen LogP contribution is -2.03. The second kappa shape index (κ2) is 5.91. The first-order valence-corrected chi connectivity index (χ1v) is 6.19. The van der Waals surface area contributed by atoms with Gasteiger partial charge in [0.25, 0.3) is 0 Å². The van der Waals surface area contributed by atoms with Crippen molar-refractivity contribution in [2.45, 2.75) is 6.54 Å². The average Bonchev–Trinajstić information content (AvgIpc) is 2.40. The lowest BCUT2D eigenvalue weighted by Gasteiger charge is -2.07. The molecule has 0 radical (unpaired) electrons. The van der Waals surface area contributed by atoms with E-state index in [-0.39, 0.29) is 5.56 Å². The number of halogens is 2. The van der Waals surface area contributed by atoms with E-state index in [4.69, 9.17) is 28.3 Å². The predicted octanol–water partition coefficient (Wildman–Crippen LogP) is 3.70. The summed E-state index contributed by atoms with van der Waals surface area (Å²) in [7, 11) is 0. The summed E-state index contributed by atoms with van der Waals surface area (Å²) in [5, 5.41) is 12.9. The fourth-order valence-corrected chi connectivity index (χ4v) is 1.75. The lowest BCUT2D eigenvalue weighted by molar-refractivity contribution is 0.0696. The van der Waals surface area contributed by atoms with Gasteiger partial charge in [0.2, 0.25) is 0 Å². The van der Waals surface area contributed by atoms with E-state index in [0.29, 0.717) is 16.6 Å². The first-order valence-electron chi connectivity index (χ1n) is 5.43. The van der Waals surface area contributed by atoms with Gasteiger partial charge in [-0.25, -0.2) is 4.79 Å². The zero-order valence-corrected chi connectivity index (χ0v) is 11.2. The normalized spacial score (nSPS) is 10.2. The number of aromatic carboxylic acids is 1. The van der Waals surface area contributed by atoms with Crippen LogP contribution in [0.15, 0.2) is 36.5 Å². The van der Waals surface area contributed by atoms with Crippen molar-refractivity contribution in [1.29, 1.82) is 0 Å². The van der Waals surface area contributed by atoms with Crippen LogP contribution in [-0.4, -0.2) is 16.1 Å². The minimum Gasteiger partial charge on any atom is -0.478 e. The van der Waals surface area contributed by atoms with Crippen molar-refractivity contribution >= 4 is 34.9 Å². The van der Waals surface area contributed by atoms with Crippen molar-refractivity contribution < 1.29 is 9.90 Å². The highest BCUT2D eigenvalue weighted by molar-refractivity contribution is 6.42. The van der Waals surface area contributed by atoms with Crippen molar-refractivity contribution in [2.24, 2.45) is 0 Å². The first-order chi connectivity index (χ1) is 9.06. The molecular formula is C13H10Cl2N2O2. The van der Waals surface area contributed by atoms with Crippen LogP contribution in [0, 0.1) is 0 Å². The van der Waals surface area contributed by atoms with Gasteiger partial charge in [-0.3, -0.25) is 4.98 Å². The number of pyridine rings is 1. The van der Waals surface area contributed by atoms with Gasteiger partial charge in [0.15, 0.2) is 0 Å². The Morgan fingerprint density at radius 3 is 2.58 bits per heavy atom. The van der Waals surface area contributed by atoms with Gasteiger partial charge >= 0.3 is 5.97 Å². The summed E-state index contributed by atoms with van der Waals surface area (Å²) in [4.78, 5) is 14.7. The highest BCUT2D eigenvalue weighted by atomic mass is 35.5. The Bertz CT molecular complexity index is 600. The highest BCUT2D eigenvalue weighted by Gasteiger charge is 2.03. The second-order valence-corrected chi connectivity index (χ2v) is 4.64. The number of hydrogen-bond donors (Lipinski definition) is 2. The summed E-state index contributed by atoms with van der Waals surface area (Å²) >= 11 is 11.7. The average molecular weight is 297 g/mol. The van der Waals surface area contributed by atoms with Gasteiger partial charge in [-0.05, 0) is 30.3 Å². The summed E-state index contributed by atoms with van der Waals surface area (Å²) < 4.78 is 0. The van der Waals surface area contributed by atoms with Crippen molar-refractivity contribution in [3.63, 3.8) is 0 Å². The number of carbonyl (C=O) groups is 1. The zero-order valence-electron chi connectivity index (χ0n) is 9.73. The molecule has 6 heteroatoms. The second-order valence-electron chi connectivity index (χ2n) is 3.83. The van der Waals surface area contributed by atoms with Crippen molar-refractivity contribution in [3.05, 3.63) is 57.8 Å². The lowest BCUT2D eigenvalue weighted by atomic mass is 10.2. The van der Waals surface area contributed by atoms with Gasteiger partial charge in [-0.15, -0.1) is 0 Å². The molecule has 0 fully saturated rings. The van der Waals surface area contributed by atoms with E-state index >= 15 is 0 Å². The molecule has 1 heterocycles. The molecule has 1 aromatic heterocycles. The van der Waals surface area contributed by atoms with Crippen molar-refractivity contribution in [1.82, 2.24) is 4.98 Å². The van der Waals surface area contributed by atoms with Gasteiger partial charge in [0.1, 0.15) is 0 Å². The monoisotopic (exact) mass is 296 g/mol.